The lowest BCUT2D eigenvalue weighted by molar-refractivity contribution is -0.384. The fraction of sp³-hybridized carbons (Fsp3) is 0.250. The number of nitro groups is 1. The molecule has 0 spiro atoms. The van der Waals surface area contributed by atoms with E-state index < -0.39 is 4.92 Å². The summed E-state index contributed by atoms with van der Waals surface area (Å²) in [7, 11) is 1.80. The second-order valence-corrected chi connectivity index (χ2v) is 7.41. The summed E-state index contributed by atoms with van der Waals surface area (Å²) in [5.74, 6) is 0.665. The van der Waals surface area contributed by atoms with E-state index in [9.17, 15) is 14.9 Å². The molecule has 8 nitrogen and oxygen atoms in total. The van der Waals surface area contributed by atoms with E-state index >= 15 is 0 Å². The maximum Gasteiger partial charge on any atom is 0.269 e. The Morgan fingerprint density at radius 2 is 1.93 bits per heavy atom. The smallest absolute Gasteiger partial charge is 0.269 e. The Bertz CT molecular complexity index is 1050. The molecule has 0 fully saturated rings. The minimum absolute atomic E-state index is 0.0184. The van der Waals surface area contributed by atoms with Crippen LogP contribution >= 0.6 is 11.8 Å². The molecule has 150 valence electrons. The number of rotatable bonds is 7. The van der Waals surface area contributed by atoms with Crippen molar-refractivity contribution in [2.24, 2.45) is 7.05 Å². The van der Waals surface area contributed by atoms with Gasteiger partial charge in [0.15, 0.2) is 11.0 Å². The van der Waals surface area contributed by atoms with Crippen LogP contribution in [0.4, 0.5) is 11.4 Å². The Labute approximate surface area is 172 Å². The number of aryl methyl sites for hydroxylation is 2. The molecule has 3 rings (SSSR count). The molecule has 0 aliphatic heterocycles. The van der Waals surface area contributed by atoms with Crippen molar-refractivity contribution in [3.8, 4) is 11.4 Å². The van der Waals surface area contributed by atoms with Crippen molar-refractivity contribution in [2.75, 3.05) is 11.1 Å². The van der Waals surface area contributed by atoms with Gasteiger partial charge in [-0.05, 0) is 36.6 Å². The Morgan fingerprint density at radius 3 is 2.59 bits per heavy atom. The first kappa shape index (κ1) is 20.5. The van der Waals surface area contributed by atoms with Crippen molar-refractivity contribution in [2.45, 2.75) is 25.4 Å². The van der Waals surface area contributed by atoms with Crippen molar-refractivity contribution in [1.82, 2.24) is 14.8 Å². The van der Waals surface area contributed by atoms with E-state index in [0.717, 1.165) is 28.8 Å². The third-order valence-electron chi connectivity index (χ3n) is 4.51. The van der Waals surface area contributed by atoms with Crippen LogP contribution in [0.25, 0.3) is 11.4 Å². The molecular formula is C20H21N5O3S. The molecule has 0 atom stereocenters. The lowest BCUT2D eigenvalue weighted by Gasteiger charge is -2.12. The van der Waals surface area contributed by atoms with E-state index in [2.05, 4.69) is 22.4 Å². The van der Waals surface area contributed by atoms with Crippen molar-refractivity contribution >= 4 is 29.0 Å². The van der Waals surface area contributed by atoms with E-state index in [-0.39, 0.29) is 17.3 Å². The number of para-hydroxylation sites is 1. The van der Waals surface area contributed by atoms with Crippen LogP contribution in [0.2, 0.25) is 0 Å². The van der Waals surface area contributed by atoms with Crippen LogP contribution in [0, 0.1) is 17.0 Å². The minimum atomic E-state index is -0.446. The molecule has 3 aromatic rings. The van der Waals surface area contributed by atoms with Crippen LogP contribution in [0.3, 0.4) is 0 Å². The van der Waals surface area contributed by atoms with Crippen LogP contribution in [-0.4, -0.2) is 31.3 Å². The van der Waals surface area contributed by atoms with E-state index in [1.54, 1.807) is 23.7 Å². The topological polar surface area (TPSA) is 103 Å². The van der Waals surface area contributed by atoms with Gasteiger partial charge in [-0.3, -0.25) is 14.9 Å². The van der Waals surface area contributed by atoms with Gasteiger partial charge in [-0.2, -0.15) is 0 Å². The first-order valence-electron chi connectivity index (χ1n) is 9.06. The van der Waals surface area contributed by atoms with Crippen LogP contribution in [0.15, 0.2) is 47.6 Å². The highest BCUT2D eigenvalue weighted by molar-refractivity contribution is 7.99. The van der Waals surface area contributed by atoms with Gasteiger partial charge in [-0.25, -0.2) is 0 Å². The van der Waals surface area contributed by atoms with Gasteiger partial charge in [0.25, 0.3) is 5.69 Å². The van der Waals surface area contributed by atoms with Crippen LogP contribution in [0.5, 0.6) is 0 Å². The van der Waals surface area contributed by atoms with Crippen LogP contribution < -0.4 is 5.32 Å². The number of hydrogen-bond acceptors (Lipinski definition) is 6. The maximum atomic E-state index is 12.4. The third-order valence-corrected chi connectivity index (χ3v) is 5.53. The third kappa shape index (κ3) is 4.62. The largest absolute Gasteiger partial charge is 0.325 e. The monoisotopic (exact) mass is 411 g/mol. The number of amides is 1. The predicted molar refractivity (Wildman–Crippen MR) is 113 cm³/mol. The zero-order valence-corrected chi connectivity index (χ0v) is 17.2. The highest BCUT2D eigenvalue weighted by Gasteiger charge is 2.15. The number of thioether (sulfide) groups is 1. The van der Waals surface area contributed by atoms with Gasteiger partial charge in [0.05, 0.1) is 10.7 Å². The summed E-state index contributed by atoms with van der Waals surface area (Å²) in [6.45, 7) is 4.03. The van der Waals surface area contributed by atoms with E-state index in [1.807, 2.05) is 25.1 Å². The van der Waals surface area contributed by atoms with Crippen molar-refractivity contribution < 1.29 is 9.72 Å². The Hall–Kier alpha value is -3.20. The summed E-state index contributed by atoms with van der Waals surface area (Å²) in [6, 6.07) is 12.1. The number of nitrogens with zero attached hydrogens (tertiary/aromatic N) is 4. The van der Waals surface area contributed by atoms with E-state index in [4.69, 9.17) is 0 Å². The number of anilines is 1. The SMILES string of the molecule is CCc1cccc(C)c1NC(=O)CSc1nnc(-c2ccc([N+](=O)[O-])cc2)n1C. The Balaban J connectivity index is 1.68. The van der Waals surface area contributed by atoms with Gasteiger partial charge in [-0.1, -0.05) is 36.9 Å². The molecule has 0 saturated heterocycles. The summed E-state index contributed by atoms with van der Waals surface area (Å²) in [4.78, 5) is 22.8. The zero-order chi connectivity index (χ0) is 21.0. The van der Waals surface area contributed by atoms with Gasteiger partial charge in [0, 0.05) is 30.4 Å². The molecule has 0 aliphatic carbocycles. The number of non-ortho nitro benzene ring substituents is 1. The normalized spacial score (nSPS) is 10.7. The number of hydrogen-bond donors (Lipinski definition) is 1. The fourth-order valence-corrected chi connectivity index (χ4v) is 3.64. The molecule has 1 amide bonds. The van der Waals surface area contributed by atoms with Crippen molar-refractivity contribution in [1.29, 1.82) is 0 Å². The quantitative estimate of drug-likeness (QED) is 0.358. The molecule has 29 heavy (non-hydrogen) atoms. The highest BCUT2D eigenvalue weighted by Crippen LogP contribution is 2.25. The van der Waals surface area contributed by atoms with Gasteiger partial charge in [0.2, 0.25) is 5.91 Å². The number of nitro benzene ring substituents is 1. The van der Waals surface area contributed by atoms with Crippen LogP contribution in [0.1, 0.15) is 18.1 Å². The molecule has 0 radical (unpaired) electrons. The number of carbonyl (C=O) groups is 1. The highest BCUT2D eigenvalue weighted by atomic mass is 32.2. The van der Waals surface area contributed by atoms with Crippen LogP contribution in [-0.2, 0) is 18.3 Å². The van der Waals surface area contributed by atoms with Crippen molar-refractivity contribution in [3.05, 3.63) is 63.7 Å². The lowest BCUT2D eigenvalue weighted by Crippen LogP contribution is -2.16. The molecule has 2 aromatic carbocycles. The summed E-state index contributed by atoms with van der Waals surface area (Å²) in [5, 5.41) is 22.7. The van der Waals surface area contributed by atoms with Crippen molar-refractivity contribution in [3.63, 3.8) is 0 Å². The number of benzene rings is 2. The molecular weight excluding hydrogens is 390 g/mol. The molecule has 1 heterocycles. The minimum Gasteiger partial charge on any atom is -0.325 e. The predicted octanol–water partition coefficient (Wildman–Crippen LogP) is 3.99. The number of carbonyl (C=O) groups excluding carboxylic acids is 1. The second kappa shape index (κ2) is 8.87. The summed E-state index contributed by atoms with van der Waals surface area (Å²) >= 11 is 1.29. The Kier molecular flexibility index (Phi) is 6.28. The lowest BCUT2D eigenvalue weighted by atomic mass is 10.1. The molecule has 9 heteroatoms. The molecule has 0 bridgehead atoms. The molecule has 1 N–H and O–H groups in total. The maximum absolute atomic E-state index is 12.4. The zero-order valence-electron chi connectivity index (χ0n) is 16.4. The van der Waals surface area contributed by atoms with Gasteiger partial charge >= 0.3 is 0 Å². The average molecular weight is 411 g/mol. The number of aromatic nitrogens is 3. The summed E-state index contributed by atoms with van der Waals surface area (Å²) in [6.07, 6.45) is 0.840. The molecule has 1 aromatic heterocycles. The van der Waals surface area contributed by atoms with E-state index in [1.165, 1.54) is 23.9 Å². The van der Waals surface area contributed by atoms with Gasteiger partial charge in [0.1, 0.15) is 0 Å². The summed E-state index contributed by atoms with van der Waals surface area (Å²) in [5.41, 5.74) is 3.73. The number of nitrogens with one attached hydrogen (secondary N) is 1. The molecule has 0 unspecified atom stereocenters. The molecule has 0 saturated carbocycles. The second-order valence-electron chi connectivity index (χ2n) is 6.47. The Morgan fingerprint density at radius 1 is 1.21 bits per heavy atom. The van der Waals surface area contributed by atoms with Gasteiger partial charge < -0.3 is 9.88 Å². The molecule has 0 aliphatic rings. The summed E-state index contributed by atoms with van der Waals surface area (Å²) < 4.78 is 1.77. The standard InChI is InChI=1S/C20H21N5O3S/c1-4-14-7-5-6-13(2)18(14)21-17(26)12-29-20-23-22-19(24(20)3)15-8-10-16(11-9-15)25(27)28/h5-11H,4,12H2,1-3H3,(H,21,26). The average Bonchev–Trinajstić information content (AvgIpc) is 3.08. The fourth-order valence-electron chi connectivity index (χ4n) is 2.93. The van der Waals surface area contributed by atoms with E-state index in [0.29, 0.717) is 11.0 Å². The first-order valence-corrected chi connectivity index (χ1v) is 10.0. The first-order chi connectivity index (χ1) is 13.9. The van der Waals surface area contributed by atoms with Gasteiger partial charge in [-0.15, -0.1) is 10.2 Å².